The van der Waals surface area contributed by atoms with Crippen molar-refractivity contribution >= 4 is 27.5 Å². The van der Waals surface area contributed by atoms with E-state index >= 15 is 0 Å². The standard InChI is InChI=1S/C22H22ClN3O4S/c1-16(17-7-3-2-4-8-17)26-31(28,29)19-10-11-21(20(23)13-19)30-15-22(27)25-14-18-9-5-6-12-24-18/h2-13,16,26H,14-15H2,1H3,(H,25,27). The van der Waals surface area contributed by atoms with E-state index in [0.29, 0.717) is 0 Å². The van der Waals surface area contributed by atoms with Crippen molar-refractivity contribution in [2.45, 2.75) is 24.4 Å². The van der Waals surface area contributed by atoms with Crippen LogP contribution in [0.4, 0.5) is 0 Å². The van der Waals surface area contributed by atoms with Gasteiger partial charge in [0.05, 0.1) is 22.2 Å². The third kappa shape index (κ3) is 6.52. The molecule has 1 heterocycles. The lowest BCUT2D eigenvalue weighted by Crippen LogP contribution is -2.28. The lowest BCUT2D eigenvalue weighted by Gasteiger charge is -2.15. The molecule has 0 fully saturated rings. The van der Waals surface area contributed by atoms with Gasteiger partial charge in [0.1, 0.15) is 5.75 Å². The second-order valence-electron chi connectivity index (χ2n) is 6.73. The molecule has 1 unspecified atom stereocenters. The highest BCUT2D eigenvalue weighted by Gasteiger charge is 2.20. The van der Waals surface area contributed by atoms with Crippen LogP contribution in [0, 0.1) is 0 Å². The summed E-state index contributed by atoms with van der Waals surface area (Å²) in [7, 11) is -3.79. The van der Waals surface area contributed by atoms with Crippen molar-refractivity contribution in [2.24, 2.45) is 0 Å². The molecule has 1 atom stereocenters. The average molecular weight is 460 g/mol. The number of carbonyl (C=O) groups excluding carboxylic acids is 1. The van der Waals surface area contributed by atoms with Crippen LogP contribution in [0.1, 0.15) is 24.2 Å². The number of halogens is 1. The third-order valence-electron chi connectivity index (χ3n) is 4.40. The van der Waals surface area contributed by atoms with E-state index in [1.165, 1.54) is 18.2 Å². The number of carbonyl (C=O) groups is 1. The van der Waals surface area contributed by atoms with Gasteiger partial charge in [0, 0.05) is 12.2 Å². The van der Waals surface area contributed by atoms with Gasteiger partial charge in [-0.15, -0.1) is 0 Å². The molecule has 0 aliphatic rings. The highest BCUT2D eigenvalue weighted by Crippen LogP contribution is 2.28. The number of amides is 1. The molecule has 162 valence electrons. The highest BCUT2D eigenvalue weighted by molar-refractivity contribution is 7.89. The number of hydrogen-bond acceptors (Lipinski definition) is 5. The number of pyridine rings is 1. The maximum Gasteiger partial charge on any atom is 0.258 e. The van der Waals surface area contributed by atoms with Crippen LogP contribution in [0.3, 0.4) is 0 Å². The topological polar surface area (TPSA) is 97.4 Å². The molecule has 3 rings (SSSR count). The maximum absolute atomic E-state index is 12.7. The Labute approximate surface area is 186 Å². The molecule has 9 heteroatoms. The van der Waals surface area contributed by atoms with Gasteiger partial charge in [0.15, 0.2) is 6.61 Å². The van der Waals surface area contributed by atoms with E-state index < -0.39 is 16.1 Å². The number of ether oxygens (including phenoxy) is 1. The molecule has 1 amide bonds. The first-order chi connectivity index (χ1) is 14.8. The number of rotatable bonds is 9. The van der Waals surface area contributed by atoms with Gasteiger partial charge in [0.25, 0.3) is 5.91 Å². The summed E-state index contributed by atoms with van der Waals surface area (Å²) in [6.07, 6.45) is 1.64. The Morgan fingerprint density at radius 1 is 1.10 bits per heavy atom. The summed E-state index contributed by atoms with van der Waals surface area (Å²) in [5.74, 6) is -0.138. The number of sulfonamides is 1. The fraction of sp³-hybridized carbons (Fsp3) is 0.182. The SMILES string of the molecule is CC(NS(=O)(=O)c1ccc(OCC(=O)NCc2ccccn2)c(Cl)c1)c1ccccc1. The highest BCUT2D eigenvalue weighted by atomic mass is 35.5. The van der Waals surface area contributed by atoms with Crippen molar-refractivity contribution < 1.29 is 17.9 Å². The minimum atomic E-state index is -3.79. The Morgan fingerprint density at radius 3 is 2.52 bits per heavy atom. The first-order valence-electron chi connectivity index (χ1n) is 9.51. The van der Waals surface area contributed by atoms with Gasteiger partial charge in [-0.25, -0.2) is 13.1 Å². The molecule has 2 aromatic carbocycles. The van der Waals surface area contributed by atoms with Gasteiger partial charge in [0.2, 0.25) is 10.0 Å². The number of benzene rings is 2. The monoisotopic (exact) mass is 459 g/mol. The molecule has 0 aliphatic carbocycles. The summed E-state index contributed by atoms with van der Waals surface area (Å²) in [4.78, 5) is 16.1. The van der Waals surface area contributed by atoms with Gasteiger partial charge >= 0.3 is 0 Å². The molecule has 0 radical (unpaired) electrons. The molecule has 2 N–H and O–H groups in total. The first-order valence-corrected chi connectivity index (χ1v) is 11.4. The number of nitrogens with zero attached hydrogens (tertiary/aromatic N) is 1. The van der Waals surface area contributed by atoms with Gasteiger partial charge in [-0.05, 0) is 42.8 Å². The van der Waals surface area contributed by atoms with Gasteiger partial charge in [-0.2, -0.15) is 0 Å². The summed E-state index contributed by atoms with van der Waals surface area (Å²) >= 11 is 6.19. The van der Waals surface area contributed by atoms with E-state index in [1.54, 1.807) is 25.3 Å². The molecule has 0 saturated heterocycles. The van der Waals surface area contributed by atoms with Crippen molar-refractivity contribution in [1.29, 1.82) is 0 Å². The molecule has 0 saturated carbocycles. The van der Waals surface area contributed by atoms with Crippen LogP contribution in [0.2, 0.25) is 5.02 Å². The van der Waals surface area contributed by atoms with Gasteiger partial charge in [-0.3, -0.25) is 9.78 Å². The molecule has 0 bridgehead atoms. The summed E-state index contributed by atoms with van der Waals surface area (Å²) in [6.45, 7) is 1.77. The van der Waals surface area contributed by atoms with E-state index in [4.69, 9.17) is 16.3 Å². The van der Waals surface area contributed by atoms with Crippen molar-refractivity contribution in [3.05, 3.63) is 89.2 Å². The quantitative estimate of drug-likeness (QED) is 0.510. The minimum Gasteiger partial charge on any atom is -0.482 e. The van der Waals surface area contributed by atoms with Crippen molar-refractivity contribution in [1.82, 2.24) is 15.0 Å². The van der Waals surface area contributed by atoms with E-state index in [-0.39, 0.29) is 34.7 Å². The van der Waals surface area contributed by atoms with Crippen LogP contribution in [0.5, 0.6) is 5.75 Å². The molecule has 1 aromatic heterocycles. The Kier molecular flexibility index (Phi) is 7.62. The molecule has 31 heavy (non-hydrogen) atoms. The third-order valence-corrected chi connectivity index (χ3v) is 6.23. The number of nitrogens with one attached hydrogen (secondary N) is 2. The van der Waals surface area contributed by atoms with Crippen LogP contribution < -0.4 is 14.8 Å². The molecule has 7 nitrogen and oxygen atoms in total. The van der Waals surface area contributed by atoms with Crippen molar-refractivity contribution in [3.63, 3.8) is 0 Å². The molecule has 0 aliphatic heterocycles. The Bertz CT molecular complexity index is 1130. The van der Waals surface area contributed by atoms with Crippen LogP contribution in [-0.2, 0) is 21.4 Å². The zero-order valence-corrected chi connectivity index (χ0v) is 18.4. The normalized spacial score (nSPS) is 12.2. The summed E-state index contributed by atoms with van der Waals surface area (Å²) < 4.78 is 33.4. The second-order valence-corrected chi connectivity index (χ2v) is 8.85. The fourth-order valence-corrected chi connectivity index (χ4v) is 4.32. The largest absolute Gasteiger partial charge is 0.482 e. The second kappa shape index (κ2) is 10.4. The first kappa shape index (κ1) is 22.7. The Morgan fingerprint density at radius 2 is 1.84 bits per heavy atom. The number of aromatic nitrogens is 1. The maximum atomic E-state index is 12.7. The van der Waals surface area contributed by atoms with Crippen molar-refractivity contribution in [2.75, 3.05) is 6.61 Å². The van der Waals surface area contributed by atoms with Crippen LogP contribution >= 0.6 is 11.6 Å². The van der Waals surface area contributed by atoms with Gasteiger partial charge < -0.3 is 10.1 Å². The summed E-state index contributed by atoms with van der Waals surface area (Å²) in [5, 5.41) is 2.78. The average Bonchev–Trinajstić information content (AvgIpc) is 2.77. The summed E-state index contributed by atoms with van der Waals surface area (Å²) in [6, 6.07) is 18.3. The van der Waals surface area contributed by atoms with E-state index in [0.717, 1.165) is 11.3 Å². The fourth-order valence-electron chi connectivity index (χ4n) is 2.76. The van der Waals surface area contributed by atoms with Crippen LogP contribution in [0.15, 0.2) is 77.8 Å². The molecular weight excluding hydrogens is 438 g/mol. The molecular formula is C22H22ClN3O4S. The molecule has 0 spiro atoms. The zero-order valence-electron chi connectivity index (χ0n) is 16.8. The minimum absolute atomic E-state index is 0.00670. The van der Waals surface area contributed by atoms with E-state index in [9.17, 15) is 13.2 Å². The lowest BCUT2D eigenvalue weighted by molar-refractivity contribution is -0.123. The predicted molar refractivity (Wildman–Crippen MR) is 118 cm³/mol. The van der Waals surface area contributed by atoms with Crippen molar-refractivity contribution in [3.8, 4) is 5.75 Å². The molecule has 3 aromatic rings. The Balaban J connectivity index is 1.58. The van der Waals surface area contributed by atoms with E-state index in [2.05, 4.69) is 15.0 Å². The van der Waals surface area contributed by atoms with Crippen LogP contribution in [-0.4, -0.2) is 25.9 Å². The smallest absolute Gasteiger partial charge is 0.258 e. The lowest BCUT2D eigenvalue weighted by atomic mass is 10.1. The zero-order chi connectivity index (χ0) is 22.3. The van der Waals surface area contributed by atoms with Gasteiger partial charge in [-0.1, -0.05) is 48.0 Å². The van der Waals surface area contributed by atoms with Crippen LogP contribution in [0.25, 0.3) is 0 Å². The number of hydrogen-bond donors (Lipinski definition) is 2. The Hall–Kier alpha value is -2.94. The van der Waals surface area contributed by atoms with E-state index in [1.807, 2.05) is 36.4 Å². The predicted octanol–water partition coefficient (Wildman–Crippen LogP) is 3.47. The summed E-state index contributed by atoms with van der Waals surface area (Å²) in [5.41, 5.74) is 1.56.